The second kappa shape index (κ2) is 4.58. The maximum Gasteiger partial charge on any atom is 0.142 e. The molecule has 1 aromatic rings. The van der Waals surface area contributed by atoms with Gasteiger partial charge in [0, 0.05) is 16.6 Å². The van der Waals surface area contributed by atoms with Crippen LogP contribution in [-0.4, -0.2) is 13.7 Å². The Balaban J connectivity index is 3.14. The van der Waals surface area contributed by atoms with E-state index in [4.69, 9.17) is 10.5 Å². The molecule has 0 aliphatic heterocycles. The summed E-state index contributed by atoms with van der Waals surface area (Å²) in [4.78, 5) is 0. The van der Waals surface area contributed by atoms with Crippen molar-refractivity contribution in [3.05, 3.63) is 28.2 Å². The molecule has 4 heteroatoms. The van der Waals surface area contributed by atoms with Gasteiger partial charge in [-0.05, 0) is 12.1 Å². The smallest absolute Gasteiger partial charge is 0.142 e. The minimum absolute atomic E-state index is 0.0427. The average Bonchev–Trinajstić information content (AvgIpc) is 2.16. The summed E-state index contributed by atoms with van der Waals surface area (Å²) in [6.07, 6.45) is -1.19. The van der Waals surface area contributed by atoms with Gasteiger partial charge in [0.05, 0.1) is 7.11 Å². The lowest BCUT2D eigenvalue weighted by molar-refractivity contribution is 0.330. The van der Waals surface area contributed by atoms with Crippen LogP contribution in [0.3, 0.4) is 0 Å². The summed E-state index contributed by atoms with van der Waals surface area (Å²) in [5.74, 6) is 0.521. The molecule has 0 amide bonds. The Hall–Kier alpha value is -0.610. The second-order valence-electron chi connectivity index (χ2n) is 2.56. The number of rotatable bonds is 3. The molecular weight excluding hydrogens is 237 g/mol. The van der Waals surface area contributed by atoms with Crippen LogP contribution in [0, 0.1) is 0 Å². The Bertz CT molecular complexity index is 293. The molecule has 0 aromatic heterocycles. The van der Waals surface area contributed by atoms with E-state index in [2.05, 4.69) is 15.9 Å². The van der Waals surface area contributed by atoms with Gasteiger partial charge in [-0.1, -0.05) is 22.0 Å². The van der Waals surface area contributed by atoms with Crippen molar-refractivity contribution in [3.63, 3.8) is 0 Å². The fraction of sp³-hybridized carbons (Fsp3) is 0.333. The highest BCUT2D eigenvalue weighted by atomic mass is 79.9. The zero-order valence-electron chi connectivity index (χ0n) is 7.26. The lowest BCUT2D eigenvalue weighted by Gasteiger charge is -2.12. The molecule has 0 radical (unpaired) electrons. The number of halogens is 2. The first-order valence-electron chi connectivity index (χ1n) is 3.87. The van der Waals surface area contributed by atoms with Crippen LogP contribution < -0.4 is 10.5 Å². The van der Waals surface area contributed by atoms with E-state index in [0.29, 0.717) is 15.8 Å². The second-order valence-corrected chi connectivity index (χ2v) is 3.41. The van der Waals surface area contributed by atoms with Crippen LogP contribution in [0.15, 0.2) is 22.7 Å². The van der Waals surface area contributed by atoms with Crippen molar-refractivity contribution >= 4 is 15.9 Å². The zero-order valence-corrected chi connectivity index (χ0v) is 8.84. The van der Waals surface area contributed by atoms with Gasteiger partial charge in [0.15, 0.2) is 0 Å². The maximum atomic E-state index is 13.3. The third-order valence-electron chi connectivity index (χ3n) is 1.75. The van der Waals surface area contributed by atoms with E-state index in [9.17, 15) is 4.39 Å². The van der Waals surface area contributed by atoms with Crippen molar-refractivity contribution in [1.29, 1.82) is 0 Å². The molecule has 72 valence electrons. The van der Waals surface area contributed by atoms with Crippen LogP contribution in [-0.2, 0) is 0 Å². The molecule has 1 atom stereocenters. The highest BCUT2D eigenvalue weighted by Crippen LogP contribution is 2.33. The van der Waals surface area contributed by atoms with Crippen molar-refractivity contribution in [2.45, 2.75) is 6.17 Å². The summed E-state index contributed by atoms with van der Waals surface area (Å²) in [7, 11) is 1.51. The van der Waals surface area contributed by atoms with Crippen molar-refractivity contribution < 1.29 is 9.13 Å². The summed E-state index contributed by atoms with van der Waals surface area (Å²) in [6, 6.07) is 5.26. The van der Waals surface area contributed by atoms with Crippen LogP contribution >= 0.6 is 15.9 Å². The maximum absolute atomic E-state index is 13.3. The highest BCUT2D eigenvalue weighted by molar-refractivity contribution is 9.10. The Morgan fingerprint density at radius 1 is 1.62 bits per heavy atom. The first-order chi connectivity index (χ1) is 6.20. The Kier molecular flexibility index (Phi) is 3.69. The minimum Gasteiger partial charge on any atom is -0.496 e. The first-order valence-corrected chi connectivity index (χ1v) is 4.66. The highest BCUT2D eigenvalue weighted by Gasteiger charge is 2.16. The van der Waals surface area contributed by atoms with Gasteiger partial charge in [-0.2, -0.15) is 0 Å². The summed E-state index contributed by atoms with van der Waals surface area (Å²) >= 11 is 3.25. The van der Waals surface area contributed by atoms with Crippen LogP contribution in [0.1, 0.15) is 11.7 Å². The number of ether oxygens (including phenoxy) is 1. The number of hydrogen-bond donors (Lipinski definition) is 1. The number of alkyl halides is 1. The molecule has 1 aromatic carbocycles. The molecule has 0 fully saturated rings. The van der Waals surface area contributed by atoms with E-state index in [1.807, 2.05) is 0 Å². The van der Waals surface area contributed by atoms with Crippen LogP contribution in [0.25, 0.3) is 0 Å². The Labute approximate surface area is 85.0 Å². The van der Waals surface area contributed by atoms with Gasteiger partial charge in [-0.25, -0.2) is 4.39 Å². The van der Waals surface area contributed by atoms with E-state index in [-0.39, 0.29) is 6.54 Å². The van der Waals surface area contributed by atoms with Gasteiger partial charge in [-0.3, -0.25) is 0 Å². The molecule has 2 N–H and O–H groups in total. The molecule has 2 nitrogen and oxygen atoms in total. The van der Waals surface area contributed by atoms with Crippen molar-refractivity contribution in [2.24, 2.45) is 5.73 Å². The van der Waals surface area contributed by atoms with E-state index in [1.165, 1.54) is 7.11 Å². The van der Waals surface area contributed by atoms with E-state index in [0.717, 1.165) is 0 Å². The largest absolute Gasteiger partial charge is 0.496 e. The number of nitrogens with two attached hydrogens (primary N) is 1. The quantitative estimate of drug-likeness (QED) is 0.891. The average molecular weight is 248 g/mol. The van der Waals surface area contributed by atoms with E-state index >= 15 is 0 Å². The van der Waals surface area contributed by atoms with Gasteiger partial charge < -0.3 is 10.5 Å². The van der Waals surface area contributed by atoms with Gasteiger partial charge in [0.2, 0.25) is 0 Å². The monoisotopic (exact) mass is 247 g/mol. The molecule has 1 rings (SSSR count). The molecule has 0 aliphatic rings. The summed E-state index contributed by atoms with van der Waals surface area (Å²) in [5, 5.41) is 0. The summed E-state index contributed by atoms with van der Waals surface area (Å²) in [5.41, 5.74) is 5.72. The Morgan fingerprint density at radius 2 is 2.31 bits per heavy atom. The number of hydrogen-bond acceptors (Lipinski definition) is 2. The van der Waals surface area contributed by atoms with Gasteiger partial charge >= 0.3 is 0 Å². The summed E-state index contributed by atoms with van der Waals surface area (Å²) < 4.78 is 19.0. The van der Waals surface area contributed by atoms with Crippen LogP contribution in [0.2, 0.25) is 0 Å². The molecule has 0 bridgehead atoms. The fourth-order valence-corrected chi connectivity index (χ4v) is 1.71. The lowest BCUT2D eigenvalue weighted by atomic mass is 10.1. The lowest BCUT2D eigenvalue weighted by Crippen LogP contribution is -2.09. The predicted molar refractivity (Wildman–Crippen MR) is 53.6 cm³/mol. The first kappa shape index (κ1) is 10.5. The normalized spacial score (nSPS) is 12.6. The van der Waals surface area contributed by atoms with E-state index < -0.39 is 6.17 Å². The topological polar surface area (TPSA) is 35.2 Å². The Morgan fingerprint density at radius 3 is 2.85 bits per heavy atom. The van der Waals surface area contributed by atoms with Crippen molar-refractivity contribution in [2.75, 3.05) is 13.7 Å². The van der Waals surface area contributed by atoms with Gasteiger partial charge in [-0.15, -0.1) is 0 Å². The molecule has 13 heavy (non-hydrogen) atoms. The van der Waals surface area contributed by atoms with Crippen molar-refractivity contribution in [1.82, 2.24) is 0 Å². The third-order valence-corrected chi connectivity index (χ3v) is 2.44. The van der Waals surface area contributed by atoms with Crippen LogP contribution in [0.5, 0.6) is 5.75 Å². The molecule has 0 saturated heterocycles. The minimum atomic E-state index is -1.19. The SMILES string of the molecule is COc1cccc(Br)c1C(F)CN. The fourth-order valence-electron chi connectivity index (χ4n) is 1.12. The van der Waals surface area contributed by atoms with Gasteiger partial charge in [0.1, 0.15) is 11.9 Å². The zero-order chi connectivity index (χ0) is 9.84. The van der Waals surface area contributed by atoms with E-state index in [1.54, 1.807) is 18.2 Å². The van der Waals surface area contributed by atoms with Crippen molar-refractivity contribution in [3.8, 4) is 5.75 Å². The molecule has 0 aliphatic carbocycles. The molecule has 0 heterocycles. The molecular formula is C9H11BrFNO. The van der Waals surface area contributed by atoms with Gasteiger partial charge in [0.25, 0.3) is 0 Å². The van der Waals surface area contributed by atoms with Crippen LogP contribution in [0.4, 0.5) is 4.39 Å². The predicted octanol–water partition coefficient (Wildman–Crippen LogP) is 2.43. The number of benzene rings is 1. The number of methoxy groups -OCH3 is 1. The molecule has 0 saturated carbocycles. The summed E-state index contributed by atoms with van der Waals surface area (Å²) in [6.45, 7) is -0.0427. The molecule has 1 unspecified atom stereocenters. The molecule has 0 spiro atoms. The standard InChI is InChI=1S/C9H11BrFNO/c1-13-8-4-2-3-6(10)9(8)7(11)5-12/h2-4,7H,5,12H2,1H3. The third kappa shape index (κ3) is 2.19.